The highest BCUT2D eigenvalue weighted by atomic mass is 32.2. The molecule has 1 aromatic carbocycles. The number of methoxy groups -OCH3 is 1. The number of hydrogen-bond donors (Lipinski definition) is 2. The Bertz CT molecular complexity index is 590. The Labute approximate surface area is 116 Å². The largest absolute Gasteiger partial charge is 0.505 e. The lowest BCUT2D eigenvalue weighted by Gasteiger charge is -2.17. The number of ether oxygens (including phenoxy) is 1. The molecular weight excluding hydrogens is 291 g/mol. The second kappa shape index (κ2) is 6.53. The van der Waals surface area contributed by atoms with Gasteiger partial charge in [-0.1, -0.05) is 0 Å². The summed E-state index contributed by atoms with van der Waals surface area (Å²) in [5.74, 6) is -2.06. The monoisotopic (exact) mass is 306 g/mol. The minimum Gasteiger partial charge on any atom is -0.505 e. The van der Waals surface area contributed by atoms with E-state index in [2.05, 4.69) is 9.46 Å². The second-order valence-electron chi connectivity index (χ2n) is 3.92. The molecule has 1 rings (SSSR count). The summed E-state index contributed by atoms with van der Waals surface area (Å²) < 4.78 is 44.3. The first-order chi connectivity index (χ1) is 9.26. The molecule has 0 aliphatic rings. The zero-order valence-corrected chi connectivity index (χ0v) is 11.8. The Kier molecular flexibility index (Phi) is 5.28. The van der Waals surface area contributed by atoms with Crippen LogP contribution in [0.1, 0.15) is 6.42 Å². The zero-order valence-electron chi connectivity index (χ0n) is 11.0. The van der Waals surface area contributed by atoms with Crippen molar-refractivity contribution in [1.29, 1.82) is 0 Å². The number of rotatable bonds is 6. The fourth-order valence-corrected chi connectivity index (χ4v) is 2.18. The first-order valence-electron chi connectivity index (χ1n) is 5.55. The zero-order chi connectivity index (χ0) is 15.3. The van der Waals surface area contributed by atoms with Crippen molar-refractivity contribution in [2.45, 2.75) is 6.42 Å². The molecule has 1 aromatic rings. The molecule has 7 nitrogen and oxygen atoms in total. The van der Waals surface area contributed by atoms with E-state index in [1.54, 1.807) is 0 Å². The number of esters is 1. The summed E-state index contributed by atoms with van der Waals surface area (Å²) >= 11 is 0. The smallest absolute Gasteiger partial charge is 0.306 e. The van der Waals surface area contributed by atoms with Gasteiger partial charge in [0.05, 0.1) is 19.2 Å². The number of hydrogen-bond acceptors (Lipinski definition) is 5. The van der Waals surface area contributed by atoms with Gasteiger partial charge in [0.15, 0.2) is 11.6 Å². The van der Waals surface area contributed by atoms with E-state index in [0.717, 1.165) is 16.4 Å². The lowest BCUT2D eigenvalue weighted by Crippen LogP contribution is -2.34. The lowest BCUT2D eigenvalue weighted by molar-refractivity contribution is -0.140. The molecule has 0 aliphatic carbocycles. The second-order valence-corrected chi connectivity index (χ2v) is 5.70. The molecule has 0 spiro atoms. The van der Waals surface area contributed by atoms with E-state index in [9.17, 15) is 17.6 Å². The van der Waals surface area contributed by atoms with E-state index < -0.39 is 27.7 Å². The average Bonchev–Trinajstić information content (AvgIpc) is 2.39. The number of halogens is 1. The fourth-order valence-electron chi connectivity index (χ4n) is 1.27. The average molecular weight is 306 g/mol. The third kappa shape index (κ3) is 4.35. The highest BCUT2D eigenvalue weighted by Gasteiger charge is 2.19. The molecule has 0 aromatic heterocycles. The number of aromatic hydroxyl groups is 1. The number of carbonyl (C=O) groups excluding carboxylic acids is 1. The van der Waals surface area contributed by atoms with Crippen molar-refractivity contribution in [2.24, 2.45) is 0 Å². The molecule has 0 bridgehead atoms. The molecule has 0 amide bonds. The maximum absolute atomic E-state index is 13.1. The van der Waals surface area contributed by atoms with Crippen LogP contribution in [0.15, 0.2) is 18.2 Å². The summed E-state index contributed by atoms with van der Waals surface area (Å²) in [6.07, 6.45) is -0.0994. The van der Waals surface area contributed by atoms with Gasteiger partial charge < -0.3 is 9.84 Å². The maximum atomic E-state index is 13.1. The molecule has 0 radical (unpaired) electrons. The van der Waals surface area contributed by atoms with Gasteiger partial charge in [-0.25, -0.2) is 4.39 Å². The van der Waals surface area contributed by atoms with Crippen molar-refractivity contribution in [3.63, 3.8) is 0 Å². The number of phenols is 1. The number of benzene rings is 1. The van der Waals surface area contributed by atoms with Crippen LogP contribution in [-0.2, 0) is 19.7 Å². The summed E-state index contributed by atoms with van der Waals surface area (Å²) in [4.78, 5) is 10.9. The molecular formula is C11H15FN2O5S. The molecule has 0 atom stereocenters. The van der Waals surface area contributed by atoms with E-state index in [-0.39, 0.29) is 18.7 Å². The molecule has 9 heteroatoms. The Balaban J connectivity index is 2.73. The van der Waals surface area contributed by atoms with Crippen LogP contribution < -0.4 is 4.72 Å². The highest BCUT2D eigenvalue weighted by molar-refractivity contribution is 7.90. The maximum Gasteiger partial charge on any atom is 0.306 e. The van der Waals surface area contributed by atoms with Crippen molar-refractivity contribution in [1.82, 2.24) is 4.31 Å². The summed E-state index contributed by atoms with van der Waals surface area (Å²) in [6.45, 7) is -0.0808. The van der Waals surface area contributed by atoms with E-state index in [1.807, 2.05) is 0 Å². The quantitative estimate of drug-likeness (QED) is 0.595. The van der Waals surface area contributed by atoms with Gasteiger partial charge in [0.25, 0.3) is 0 Å². The molecule has 20 heavy (non-hydrogen) atoms. The van der Waals surface area contributed by atoms with Crippen LogP contribution in [0.2, 0.25) is 0 Å². The third-order valence-corrected chi connectivity index (χ3v) is 3.96. The van der Waals surface area contributed by atoms with Crippen LogP contribution in [-0.4, -0.2) is 44.5 Å². The fraction of sp³-hybridized carbons (Fsp3) is 0.364. The first kappa shape index (κ1) is 16.2. The van der Waals surface area contributed by atoms with Crippen LogP contribution in [0.3, 0.4) is 0 Å². The Morgan fingerprint density at radius 3 is 2.70 bits per heavy atom. The van der Waals surface area contributed by atoms with Crippen molar-refractivity contribution in [3.8, 4) is 5.75 Å². The van der Waals surface area contributed by atoms with Crippen LogP contribution >= 0.6 is 0 Å². The first-order valence-corrected chi connectivity index (χ1v) is 6.99. The standard InChI is InChI=1S/C11H15FN2O5S/c1-14(6-5-11(16)19-2)20(17,18)13-8-3-4-10(15)9(12)7-8/h3-4,7,13,15H,5-6H2,1-2H3. The van der Waals surface area contributed by atoms with E-state index in [4.69, 9.17) is 5.11 Å². The molecule has 0 saturated carbocycles. The van der Waals surface area contributed by atoms with Crippen molar-refractivity contribution >= 4 is 21.9 Å². The molecule has 0 fully saturated rings. The minimum atomic E-state index is -3.92. The highest BCUT2D eigenvalue weighted by Crippen LogP contribution is 2.20. The van der Waals surface area contributed by atoms with Gasteiger partial charge in [0.1, 0.15) is 0 Å². The van der Waals surface area contributed by atoms with Gasteiger partial charge in [-0.05, 0) is 12.1 Å². The van der Waals surface area contributed by atoms with Gasteiger partial charge >= 0.3 is 16.2 Å². The summed E-state index contributed by atoms with van der Waals surface area (Å²) in [6, 6.07) is 3.09. The number of carbonyl (C=O) groups is 1. The number of nitrogens with one attached hydrogen (secondary N) is 1. The predicted molar refractivity (Wildman–Crippen MR) is 69.9 cm³/mol. The number of phenolic OH excluding ortho intramolecular Hbond substituents is 1. The van der Waals surface area contributed by atoms with Crippen LogP contribution in [0.5, 0.6) is 5.75 Å². The number of nitrogens with zero attached hydrogens (tertiary/aromatic N) is 1. The Morgan fingerprint density at radius 1 is 1.50 bits per heavy atom. The van der Waals surface area contributed by atoms with Gasteiger partial charge in [-0.3, -0.25) is 9.52 Å². The van der Waals surface area contributed by atoms with Gasteiger partial charge in [0, 0.05) is 19.7 Å². The number of anilines is 1. The van der Waals surface area contributed by atoms with E-state index in [0.29, 0.717) is 0 Å². The Hall–Kier alpha value is -1.87. The minimum absolute atomic E-state index is 0.0368. The van der Waals surface area contributed by atoms with Crippen LogP contribution in [0.4, 0.5) is 10.1 Å². The molecule has 0 aliphatic heterocycles. The van der Waals surface area contributed by atoms with Gasteiger partial charge in [0.2, 0.25) is 0 Å². The van der Waals surface area contributed by atoms with Crippen LogP contribution in [0, 0.1) is 5.82 Å². The van der Waals surface area contributed by atoms with E-state index >= 15 is 0 Å². The lowest BCUT2D eigenvalue weighted by atomic mass is 10.3. The van der Waals surface area contributed by atoms with Gasteiger partial charge in [-0.2, -0.15) is 12.7 Å². The van der Waals surface area contributed by atoms with Crippen molar-refractivity contribution in [2.75, 3.05) is 25.4 Å². The van der Waals surface area contributed by atoms with Crippen LogP contribution in [0.25, 0.3) is 0 Å². The predicted octanol–water partition coefficient (Wildman–Crippen LogP) is 0.683. The van der Waals surface area contributed by atoms with Gasteiger partial charge in [-0.15, -0.1) is 0 Å². The third-order valence-electron chi connectivity index (χ3n) is 2.46. The van der Waals surface area contributed by atoms with E-state index in [1.165, 1.54) is 20.2 Å². The summed E-state index contributed by atoms with van der Waals surface area (Å²) in [5.41, 5.74) is -0.0368. The molecule has 0 heterocycles. The van der Waals surface area contributed by atoms with Crippen molar-refractivity contribution in [3.05, 3.63) is 24.0 Å². The summed E-state index contributed by atoms with van der Waals surface area (Å²) in [7, 11) is -1.45. The molecule has 112 valence electrons. The van der Waals surface area contributed by atoms with Crippen molar-refractivity contribution < 1.29 is 27.4 Å². The molecule has 0 unspecified atom stereocenters. The normalized spacial score (nSPS) is 11.4. The Morgan fingerprint density at radius 2 is 2.15 bits per heavy atom. The topological polar surface area (TPSA) is 95.9 Å². The molecule has 0 saturated heterocycles. The summed E-state index contributed by atoms with van der Waals surface area (Å²) in [5, 5.41) is 9.01. The SMILES string of the molecule is COC(=O)CCN(C)S(=O)(=O)Nc1ccc(O)c(F)c1. The molecule has 2 N–H and O–H groups in total.